The molecule has 0 saturated carbocycles. The number of hydrogen-bond donors (Lipinski definition) is 0. The Labute approximate surface area is 145 Å². The predicted octanol–water partition coefficient (Wildman–Crippen LogP) is 3.17. The molecule has 2 rings (SSSR count). The lowest BCUT2D eigenvalue weighted by atomic mass is 10.2. The minimum absolute atomic E-state index is 0.0918. The zero-order valence-corrected chi connectivity index (χ0v) is 13.8. The number of unbranched alkanes of at least 4 members (excludes halogenated alkanes) is 2. The first-order chi connectivity index (χ1) is 12.1. The standard InChI is InChI=1S/C18H20FNO5/c19-12-11-14-5-7-15(8-6-14)24-13-3-1-2-4-18(23)25-20-16(21)9-10-17(20)22/h5-8,11-12H,1-4,9-10,13H2/b12-11+. The van der Waals surface area contributed by atoms with Crippen LogP contribution in [0.15, 0.2) is 30.6 Å². The summed E-state index contributed by atoms with van der Waals surface area (Å²) >= 11 is 0. The Morgan fingerprint density at radius 1 is 1.08 bits per heavy atom. The maximum atomic E-state index is 12.0. The van der Waals surface area contributed by atoms with Gasteiger partial charge in [-0.25, -0.2) is 9.18 Å². The van der Waals surface area contributed by atoms with Gasteiger partial charge in [0.15, 0.2) is 0 Å². The van der Waals surface area contributed by atoms with Gasteiger partial charge >= 0.3 is 5.97 Å². The molecular weight excluding hydrogens is 329 g/mol. The van der Waals surface area contributed by atoms with E-state index in [4.69, 9.17) is 9.57 Å². The van der Waals surface area contributed by atoms with Gasteiger partial charge in [0.25, 0.3) is 11.8 Å². The summed E-state index contributed by atoms with van der Waals surface area (Å²) in [6, 6.07) is 7.03. The van der Waals surface area contributed by atoms with Crippen molar-refractivity contribution in [2.24, 2.45) is 0 Å². The lowest BCUT2D eigenvalue weighted by Crippen LogP contribution is -2.31. The van der Waals surface area contributed by atoms with Crippen molar-refractivity contribution in [1.29, 1.82) is 0 Å². The molecule has 6 nitrogen and oxygen atoms in total. The predicted molar refractivity (Wildman–Crippen MR) is 87.7 cm³/mol. The highest BCUT2D eigenvalue weighted by molar-refractivity contribution is 6.01. The third-order valence-corrected chi connectivity index (χ3v) is 3.63. The molecular formula is C18H20FNO5. The van der Waals surface area contributed by atoms with Gasteiger partial charge in [-0.1, -0.05) is 12.1 Å². The summed E-state index contributed by atoms with van der Waals surface area (Å²) in [5, 5.41) is 0.563. The Balaban J connectivity index is 1.56. The van der Waals surface area contributed by atoms with E-state index < -0.39 is 17.8 Å². The van der Waals surface area contributed by atoms with Gasteiger partial charge in [-0.05, 0) is 43.0 Å². The number of benzene rings is 1. The summed E-state index contributed by atoms with van der Waals surface area (Å²) in [4.78, 5) is 39.0. The molecule has 2 amide bonds. The van der Waals surface area contributed by atoms with Gasteiger partial charge in [0.2, 0.25) is 0 Å². The van der Waals surface area contributed by atoms with E-state index in [0.717, 1.165) is 18.4 Å². The molecule has 0 unspecified atom stereocenters. The first-order valence-electron chi connectivity index (χ1n) is 8.16. The van der Waals surface area contributed by atoms with E-state index in [9.17, 15) is 18.8 Å². The molecule has 0 radical (unpaired) electrons. The van der Waals surface area contributed by atoms with Crippen molar-refractivity contribution in [1.82, 2.24) is 5.06 Å². The average molecular weight is 349 g/mol. The van der Waals surface area contributed by atoms with Gasteiger partial charge in [0.05, 0.1) is 12.9 Å². The highest BCUT2D eigenvalue weighted by Crippen LogP contribution is 2.15. The maximum Gasteiger partial charge on any atom is 0.333 e. The fraction of sp³-hybridized carbons (Fsp3) is 0.389. The molecule has 1 heterocycles. The van der Waals surface area contributed by atoms with Crippen LogP contribution in [0.5, 0.6) is 5.75 Å². The van der Waals surface area contributed by atoms with E-state index in [1.54, 1.807) is 24.3 Å². The SMILES string of the molecule is O=C(CCCCCOc1ccc(/C=C/F)cc1)ON1C(=O)CCC1=O. The second kappa shape index (κ2) is 9.56. The Morgan fingerprint density at radius 3 is 2.40 bits per heavy atom. The number of hydrogen-bond acceptors (Lipinski definition) is 5. The van der Waals surface area contributed by atoms with Gasteiger partial charge in [-0.3, -0.25) is 9.59 Å². The van der Waals surface area contributed by atoms with Gasteiger partial charge in [-0.15, -0.1) is 5.06 Å². The Hall–Kier alpha value is -2.70. The number of rotatable bonds is 9. The van der Waals surface area contributed by atoms with Crippen molar-refractivity contribution in [2.45, 2.75) is 38.5 Å². The third-order valence-electron chi connectivity index (χ3n) is 3.63. The van der Waals surface area contributed by atoms with E-state index in [-0.39, 0.29) is 19.3 Å². The van der Waals surface area contributed by atoms with Crippen molar-refractivity contribution in [3.63, 3.8) is 0 Å². The quantitative estimate of drug-likeness (QED) is 0.506. The molecule has 0 N–H and O–H groups in total. The number of carbonyl (C=O) groups is 3. The minimum atomic E-state index is -0.582. The molecule has 0 atom stereocenters. The normalized spacial score (nSPS) is 14.4. The van der Waals surface area contributed by atoms with Crippen molar-refractivity contribution in [3.8, 4) is 5.75 Å². The monoisotopic (exact) mass is 349 g/mol. The first-order valence-corrected chi connectivity index (χ1v) is 8.16. The molecule has 134 valence electrons. The van der Waals surface area contributed by atoms with Crippen LogP contribution < -0.4 is 4.74 Å². The summed E-state index contributed by atoms with van der Waals surface area (Å²) in [5.41, 5.74) is 0.753. The fourth-order valence-electron chi connectivity index (χ4n) is 2.29. The number of carbonyl (C=O) groups excluding carboxylic acids is 3. The highest BCUT2D eigenvalue weighted by Gasteiger charge is 2.32. The Kier molecular flexibility index (Phi) is 7.13. The number of imide groups is 1. The smallest absolute Gasteiger partial charge is 0.333 e. The second-order valence-corrected chi connectivity index (χ2v) is 5.57. The number of amides is 2. The van der Waals surface area contributed by atoms with E-state index in [0.29, 0.717) is 30.2 Å². The number of hydroxylamine groups is 2. The van der Waals surface area contributed by atoms with Crippen LogP contribution >= 0.6 is 0 Å². The molecule has 1 aliphatic rings. The van der Waals surface area contributed by atoms with Gasteiger partial charge < -0.3 is 9.57 Å². The van der Waals surface area contributed by atoms with Crippen LogP contribution in [0.25, 0.3) is 6.08 Å². The van der Waals surface area contributed by atoms with Crippen molar-refractivity contribution < 1.29 is 28.3 Å². The van der Waals surface area contributed by atoms with Crippen molar-refractivity contribution in [2.75, 3.05) is 6.61 Å². The molecule has 0 spiro atoms. The van der Waals surface area contributed by atoms with Gasteiger partial charge in [0.1, 0.15) is 5.75 Å². The molecule has 25 heavy (non-hydrogen) atoms. The molecule has 0 aliphatic carbocycles. The molecule has 1 fully saturated rings. The third kappa shape index (κ3) is 6.02. The Bertz CT molecular complexity index is 625. The molecule has 0 aromatic heterocycles. The van der Waals surface area contributed by atoms with Gasteiger partial charge in [-0.2, -0.15) is 0 Å². The van der Waals surface area contributed by atoms with Crippen molar-refractivity contribution in [3.05, 3.63) is 36.2 Å². The van der Waals surface area contributed by atoms with Crippen LogP contribution in [-0.2, 0) is 19.2 Å². The summed E-state index contributed by atoms with van der Waals surface area (Å²) in [7, 11) is 0. The summed E-state index contributed by atoms with van der Waals surface area (Å²) in [6.07, 6.45) is 4.24. The van der Waals surface area contributed by atoms with Crippen LogP contribution in [0.2, 0.25) is 0 Å². The van der Waals surface area contributed by atoms with Crippen LogP contribution in [0.3, 0.4) is 0 Å². The van der Waals surface area contributed by atoms with Crippen LogP contribution in [-0.4, -0.2) is 29.5 Å². The Morgan fingerprint density at radius 2 is 1.76 bits per heavy atom. The largest absolute Gasteiger partial charge is 0.494 e. The highest BCUT2D eigenvalue weighted by atomic mass is 19.1. The molecule has 0 bridgehead atoms. The summed E-state index contributed by atoms with van der Waals surface area (Å²) in [5.74, 6) is -0.831. The topological polar surface area (TPSA) is 72.9 Å². The maximum absolute atomic E-state index is 12.0. The zero-order chi connectivity index (χ0) is 18.1. The van der Waals surface area contributed by atoms with E-state index >= 15 is 0 Å². The number of nitrogens with zero attached hydrogens (tertiary/aromatic N) is 1. The first kappa shape index (κ1) is 18.6. The lowest BCUT2D eigenvalue weighted by Gasteiger charge is -2.12. The summed E-state index contributed by atoms with van der Waals surface area (Å²) in [6.45, 7) is 0.496. The second-order valence-electron chi connectivity index (χ2n) is 5.57. The van der Waals surface area contributed by atoms with Crippen LogP contribution in [0.1, 0.15) is 44.1 Å². The minimum Gasteiger partial charge on any atom is -0.494 e. The average Bonchev–Trinajstić information content (AvgIpc) is 2.91. The summed E-state index contributed by atoms with van der Waals surface area (Å²) < 4.78 is 17.6. The zero-order valence-electron chi connectivity index (χ0n) is 13.8. The van der Waals surface area contributed by atoms with E-state index in [1.165, 1.54) is 6.08 Å². The molecule has 7 heteroatoms. The fourth-order valence-corrected chi connectivity index (χ4v) is 2.29. The lowest BCUT2D eigenvalue weighted by molar-refractivity contribution is -0.197. The molecule has 1 aliphatic heterocycles. The van der Waals surface area contributed by atoms with Gasteiger partial charge in [0, 0.05) is 19.3 Å². The molecule has 1 aromatic rings. The molecule has 1 aromatic carbocycles. The number of halogens is 1. The van der Waals surface area contributed by atoms with E-state index in [2.05, 4.69) is 0 Å². The van der Waals surface area contributed by atoms with E-state index in [1.807, 2.05) is 0 Å². The molecule has 1 saturated heterocycles. The number of ether oxygens (including phenoxy) is 1. The van der Waals surface area contributed by atoms with Crippen molar-refractivity contribution >= 4 is 23.9 Å². The van der Waals surface area contributed by atoms with Crippen LogP contribution in [0.4, 0.5) is 4.39 Å². The van der Waals surface area contributed by atoms with Crippen LogP contribution in [0, 0.1) is 0 Å².